The fourth-order valence-electron chi connectivity index (χ4n) is 1.24. The van der Waals surface area contributed by atoms with Crippen LogP contribution in [0.3, 0.4) is 0 Å². The molecule has 84 valence electrons. The van der Waals surface area contributed by atoms with E-state index in [4.69, 9.17) is 9.84 Å². The van der Waals surface area contributed by atoms with E-state index in [1.165, 1.54) is 0 Å². The van der Waals surface area contributed by atoms with Crippen molar-refractivity contribution in [1.29, 1.82) is 0 Å². The van der Waals surface area contributed by atoms with Crippen LogP contribution in [0.15, 0.2) is 37.4 Å². The van der Waals surface area contributed by atoms with Gasteiger partial charge in [0.25, 0.3) is 0 Å². The Morgan fingerprint density at radius 2 is 2.25 bits per heavy atom. The lowest BCUT2D eigenvalue weighted by Gasteiger charge is -2.09. The van der Waals surface area contributed by atoms with Crippen LogP contribution >= 0.6 is 0 Å². The van der Waals surface area contributed by atoms with Gasteiger partial charge >= 0.3 is 5.97 Å². The summed E-state index contributed by atoms with van der Waals surface area (Å²) in [6, 6.07) is 4.98. The quantitative estimate of drug-likeness (QED) is 0.773. The molecule has 0 saturated carbocycles. The largest absolute Gasteiger partial charge is 0.489 e. The predicted molar refractivity (Wildman–Crippen MR) is 63.8 cm³/mol. The van der Waals surface area contributed by atoms with Crippen molar-refractivity contribution in [1.82, 2.24) is 0 Å². The second-order valence-corrected chi connectivity index (χ2v) is 3.40. The zero-order valence-corrected chi connectivity index (χ0v) is 9.19. The highest BCUT2D eigenvalue weighted by atomic mass is 16.5. The van der Waals surface area contributed by atoms with Crippen LogP contribution in [0.4, 0.5) is 0 Å². The van der Waals surface area contributed by atoms with E-state index in [-0.39, 0.29) is 12.2 Å². The van der Waals surface area contributed by atoms with Gasteiger partial charge in [-0.2, -0.15) is 0 Å². The predicted octanol–water partition coefficient (Wildman–Crippen LogP) is 2.98. The highest BCUT2D eigenvalue weighted by molar-refractivity contribution is 5.92. The van der Waals surface area contributed by atoms with Gasteiger partial charge in [0.2, 0.25) is 0 Å². The van der Waals surface area contributed by atoms with E-state index in [9.17, 15) is 4.79 Å². The van der Waals surface area contributed by atoms with Crippen molar-refractivity contribution < 1.29 is 14.6 Å². The van der Waals surface area contributed by atoms with Crippen LogP contribution in [-0.4, -0.2) is 17.7 Å². The zero-order valence-electron chi connectivity index (χ0n) is 9.19. The van der Waals surface area contributed by atoms with Crippen LogP contribution in [0.25, 0.3) is 5.57 Å². The van der Waals surface area contributed by atoms with E-state index >= 15 is 0 Å². The number of aromatic carboxylic acids is 1. The minimum absolute atomic E-state index is 0.141. The van der Waals surface area contributed by atoms with E-state index in [1.807, 2.05) is 6.92 Å². The SMILES string of the molecule is C=CCOc1ccc(C(=C)C)cc1C(=O)O. The van der Waals surface area contributed by atoms with Gasteiger partial charge in [0.05, 0.1) is 0 Å². The summed E-state index contributed by atoms with van der Waals surface area (Å²) in [6.45, 7) is 9.39. The first-order valence-corrected chi connectivity index (χ1v) is 4.83. The Morgan fingerprint density at radius 3 is 2.75 bits per heavy atom. The molecule has 1 aromatic rings. The number of allylic oxidation sites excluding steroid dienone is 1. The maximum absolute atomic E-state index is 11.0. The molecule has 1 aromatic carbocycles. The summed E-state index contributed by atoms with van der Waals surface area (Å²) in [4.78, 5) is 11.0. The molecule has 3 nitrogen and oxygen atoms in total. The van der Waals surface area contributed by atoms with Crippen molar-refractivity contribution in [2.24, 2.45) is 0 Å². The molecule has 0 fully saturated rings. The number of carbonyl (C=O) groups is 1. The third kappa shape index (κ3) is 2.73. The second-order valence-electron chi connectivity index (χ2n) is 3.40. The van der Waals surface area contributed by atoms with Crippen molar-refractivity contribution in [3.05, 3.63) is 48.6 Å². The standard InChI is InChI=1S/C13H14O3/c1-4-7-16-12-6-5-10(9(2)3)8-11(12)13(14)15/h4-6,8H,1-2,7H2,3H3,(H,14,15). The van der Waals surface area contributed by atoms with Gasteiger partial charge in [-0.1, -0.05) is 30.9 Å². The molecule has 0 aliphatic rings. The number of carboxylic acid groups (broad SMARTS) is 1. The molecule has 0 atom stereocenters. The lowest BCUT2D eigenvalue weighted by molar-refractivity contribution is 0.0693. The smallest absolute Gasteiger partial charge is 0.339 e. The molecule has 16 heavy (non-hydrogen) atoms. The summed E-state index contributed by atoms with van der Waals surface area (Å²) < 4.78 is 5.25. The van der Waals surface area contributed by atoms with E-state index in [0.29, 0.717) is 5.75 Å². The zero-order chi connectivity index (χ0) is 12.1. The van der Waals surface area contributed by atoms with E-state index in [1.54, 1.807) is 24.3 Å². The monoisotopic (exact) mass is 218 g/mol. The number of ether oxygens (including phenoxy) is 1. The van der Waals surface area contributed by atoms with Gasteiger partial charge in [0.1, 0.15) is 17.9 Å². The summed E-state index contributed by atoms with van der Waals surface area (Å²) in [5.41, 5.74) is 1.75. The molecule has 0 bridgehead atoms. The molecule has 1 N–H and O–H groups in total. The van der Waals surface area contributed by atoms with E-state index in [2.05, 4.69) is 13.2 Å². The van der Waals surface area contributed by atoms with Crippen molar-refractivity contribution in [3.63, 3.8) is 0 Å². The van der Waals surface area contributed by atoms with Gasteiger partial charge in [-0.05, 0) is 24.6 Å². The molecule has 1 rings (SSSR count). The van der Waals surface area contributed by atoms with Crippen LogP contribution < -0.4 is 4.74 Å². The molecule has 0 aliphatic carbocycles. The van der Waals surface area contributed by atoms with Gasteiger partial charge in [-0.25, -0.2) is 4.79 Å². The third-order valence-corrected chi connectivity index (χ3v) is 2.06. The van der Waals surface area contributed by atoms with Gasteiger partial charge in [-0.15, -0.1) is 0 Å². The first-order valence-electron chi connectivity index (χ1n) is 4.83. The fraction of sp³-hybridized carbons (Fsp3) is 0.154. The molecular formula is C13H14O3. The van der Waals surface area contributed by atoms with Crippen molar-refractivity contribution in [2.45, 2.75) is 6.92 Å². The number of hydrogen-bond donors (Lipinski definition) is 1. The maximum atomic E-state index is 11.0. The molecule has 0 spiro atoms. The number of hydrogen-bond acceptors (Lipinski definition) is 2. The van der Waals surface area contributed by atoms with E-state index in [0.717, 1.165) is 11.1 Å². The second kappa shape index (κ2) is 5.16. The average molecular weight is 218 g/mol. The van der Waals surface area contributed by atoms with Crippen LogP contribution in [0.5, 0.6) is 5.75 Å². The van der Waals surface area contributed by atoms with Crippen molar-refractivity contribution in [3.8, 4) is 5.75 Å². The third-order valence-electron chi connectivity index (χ3n) is 2.06. The highest BCUT2D eigenvalue weighted by Gasteiger charge is 2.12. The molecule has 0 aliphatic heterocycles. The summed E-state index contributed by atoms with van der Waals surface area (Å²) >= 11 is 0. The topological polar surface area (TPSA) is 46.5 Å². The normalized spacial score (nSPS) is 9.56. The number of carboxylic acids is 1. The molecular weight excluding hydrogens is 204 g/mol. The summed E-state index contributed by atoms with van der Waals surface area (Å²) in [5.74, 6) is -0.667. The van der Waals surface area contributed by atoms with Crippen LogP contribution in [0, 0.1) is 0 Å². The molecule has 3 heteroatoms. The molecule has 0 heterocycles. The van der Waals surface area contributed by atoms with Gasteiger partial charge in [0.15, 0.2) is 0 Å². The Kier molecular flexibility index (Phi) is 3.89. The Morgan fingerprint density at radius 1 is 1.56 bits per heavy atom. The Labute approximate surface area is 94.7 Å². The fourth-order valence-corrected chi connectivity index (χ4v) is 1.24. The first kappa shape index (κ1) is 12.0. The minimum atomic E-state index is -1.01. The number of rotatable bonds is 5. The van der Waals surface area contributed by atoms with Crippen molar-refractivity contribution in [2.75, 3.05) is 6.61 Å². The Hall–Kier alpha value is -2.03. The first-order chi connectivity index (χ1) is 7.56. The lowest BCUT2D eigenvalue weighted by atomic mass is 10.0. The lowest BCUT2D eigenvalue weighted by Crippen LogP contribution is -2.03. The summed E-state index contributed by atoms with van der Waals surface area (Å²) in [6.07, 6.45) is 1.57. The maximum Gasteiger partial charge on any atom is 0.339 e. The Bertz CT molecular complexity index is 433. The summed E-state index contributed by atoms with van der Waals surface area (Å²) in [7, 11) is 0. The molecule has 0 unspecified atom stereocenters. The molecule has 0 amide bonds. The van der Waals surface area contributed by atoms with Gasteiger partial charge < -0.3 is 9.84 Å². The van der Waals surface area contributed by atoms with Crippen molar-refractivity contribution >= 4 is 11.5 Å². The van der Waals surface area contributed by atoms with Crippen LogP contribution in [0.2, 0.25) is 0 Å². The van der Waals surface area contributed by atoms with Crippen LogP contribution in [0.1, 0.15) is 22.8 Å². The Balaban J connectivity index is 3.13. The average Bonchev–Trinajstić information content (AvgIpc) is 2.25. The molecule has 0 aromatic heterocycles. The highest BCUT2D eigenvalue weighted by Crippen LogP contribution is 2.23. The van der Waals surface area contributed by atoms with Gasteiger partial charge in [-0.3, -0.25) is 0 Å². The van der Waals surface area contributed by atoms with Crippen LogP contribution in [-0.2, 0) is 0 Å². The number of benzene rings is 1. The molecule has 0 saturated heterocycles. The summed E-state index contributed by atoms with van der Waals surface area (Å²) in [5, 5.41) is 9.04. The molecule has 0 radical (unpaired) electrons. The van der Waals surface area contributed by atoms with E-state index < -0.39 is 5.97 Å². The minimum Gasteiger partial charge on any atom is -0.489 e. The van der Waals surface area contributed by atoms with Gasteiger partial charge in [0, 0.05) is 0 Å².